The molecule has 0 fully saturated rings. The molecule has 0 bridgehead atoms. The van der Waals surface area contributed by atoms with E-state index in [1.807, 2.05) is 13.0 Å². The first-order valence-corrected chi connectivity index (χ1v) is 6.74. The largest absolute Gasteiger partial charge is 0.397 e. The molecule has 0 aliphatic carbocycles. The Kier molecular flexibility index (Phi) is 4.28. The highest BCUT2D eigenvalue weighted by Gasteiger charge is 2.24. The van der Waals surface area contributed by atoms with Crippen molar-refractivity contribution in [1.82, 2.24) is 9.78 Å². The molecule has 0 aliphatic rings. The molecule has 0 saturated carbocycles. The van der Waals surface area contributed by atoms with Gasteiger partial charge in [0.25, 0.3) is 5.91 Å². The third-order valence-corrected chi connectivity index (χ3v) is 3.52. The third-order valence-electron chi connectivity index (χ3n) is 3.52. The molecule has 6 heteroatoms. The van der Waals surface area contributed by atoms with Crippen molar-refractivity contribution < 1.29 is 9.90 Å². The topological polar surface area (TPSA) is 84.4 Å². The van der Waals surface area contributed by atoms with Crippen molar-refractivity contribution in [2.24, 2.45) is 7.05 Å². The predicted molar refractivity (Wildman–Crippen MR) is 82.3 cm³/mol. The number of rotatable bonds is 4. The summed E-state index contributed by atoms with van der Waals surface area (Å²) in [5.74, 6) is -0.204. The lowest BCUT2D eigenvalue weighted by Gasteiger charge is -2.23. The van der Waals surface area contributed by atoms with Crippen LogP contribution in [0, 0.1) is 13.8 Å². The van der Waals surface area contributed by atoms with Gasteiger partial charge in [0.1, 0.15) is 0 Å². The summed E-state index contributed by atoms with van der Waals surface area (Å²) < 4.78 is 1.67. The summed E-state index contributed by atoms with van der Waals surface area (Å²) in [5.41, 5.74) is 9.05. The number of aliphatic hydroxyl groups is 1. The van der Waals surface area contributed by atoms with E-state index in [1.165, 1.54) is 4.90 Å². The first kappa shape index (κ1) is 15.1. The summed E-state index contributed by atoms with van der Waals surface area (Å²) in [6.07, 6.45) is 0. The summed E-state index contributed by atoms with van der Waals surface area (Å²) >= 11 is 0. The molecule has 0 radical (unpaired) electrons. The number of carbonyl (C=O) groups is 1. The van der Waals surface area contributed by atoms with E-state index in [9.17, 15) is 9.90 Å². The Hall–Kier alpha value is -2.34. The maximum atomic E-state index is 12.8. The van der Waals surface area contributed by atoms with Crippen LogP contribution >= 0.6 is 0 Å². The number of nitrogens with zero attached hydrogens (tertiary/aromatic N) is 3. The molecule has 1 aromatic heterocycles. The fourth-order valence-corrected chi connectivity index (χ4v) is 2.38. The van der Waals surface area contributed by atoms with Crippen LogP contribution in [0.2, 0.25) is 0 Å². The molecule has 0 unspecified atom stereocenters. The van der Waals surface area contributed by atoms with Crippen LogP contribution in [0.15, 0.2) is 24.3 Å². The molecular weight excluding hydrogens is 268 g/mol. The molecule has 1 amide bonds. The standard InChI is InChI=1S/C15H20N4O2/c1-10-14(11(2)18(3)17-10)15(21)19(8-9-20)13-7-5-4-6-12(13)16/h4-7,20H,8-9,16H2,1-3H3. The minimum Gasteiger partial charge on any atom is -0.397 e. The van der Waals surface area contributed by atoms with Gasteiger partial charge in [-0.3, -0.25) is 9.48 Å². The van der Waals surface area contributed by atoms with Crippen LogP contribution in [0.4, 0.5) is 11.4 Å². The maximum Gasteiger partial charge on any atom is 0.262 e. The van der Waals surface area contributed by atoms with Gasteiger partial charge in [0.2, 0.25) is 0 Å². The van der Waals surface area contributed by atoms with Gasteiger partial charge in [-0.2, -0.15) is 5.10 Å². The van der Waals surface area contributed by atoms with Gasteiger partial charge in [-0.1, -0.05) is 12.1 Å². The highest BCUT2D eigenvalue weighted by molar-refractivity contribution is 6.08. The number of aliphatic hydroxyl groups excluding tert-OH is 1. The molecule has 6 nitrogen and oxygen atoms in total. The second kappa shape index (κ2) is 5.97. The second-order valence-corrected chi connectivity index (χ2v) is 4.91. The van der Waals surface area contributed by atoms with Gasteiger partial charge in [0.15, 0.2) is 0 Å². The number of anilines is 2. The summed E-state index contributed by atoms with van der Waals surface area (Å²) in [7, 11) is 1.80. The first-order chi connectivity index (χ1) is 9.97. The molecule has 2 rings (SSSR count). The van der Waals surface area contributed by atoms with Gasteiger partial charge in [-0.15, -0.1) is 0 Å². The number of nitrogen functional groups attached to an aromatic ring is 1. The first-order valence-electron chi connectivity index (χ1n) is 6.74. The Bertz CT molecular complexity index is 664. The lowest BCUT2D eigenvalue weighted by Crippen LogP contribution is -2.34. The minimum atomic E-state index is -0.204. The lowest BCUT2D eigenvalue weighted by molar-refractivity contribution is 0.0980. The highest BCUT2D eigenvalue weighted by Crippen LogP contribution is 2.25. The Morgan fingerprint density at radius 3 is 2.57 bits per heavy atom. The fraction of sp³-hybridized carbons (Fsp3) is 0.333. The predicted octanol–water partition coefficient (Wildman–Crippen LogP) is 1.26. The number of nitrogens with two attached hydrogens (primary N) is 1. The Labute approximate surface area is 123 Å². The number of aromatic nitrogens is 2. The average Bonchev–Trinajstić information content (AvgIpc) is 2.70. The van der Waals surface area contributed by atoms with Crippen LogP contribution in [0.5, 0.6) is 0 Å². The zero-order valence-electron chi connectivity index (χ0n) is 12.5. The average molecular weight is 288 g/mol. The Morgan fingerprint density at radius 2 is 2.05 bits per heavy atom. The molecule has 112 valence electrons. The van der Waals surface area contributed by atoms with Crippen LogP contribution in [-0.4, -0.2) is 33.9 Å². The number of aryl methyl sites for hydroxylation is 2. The summed E-state index contributed by atoms with van der Waals surface area (Å²) in [4.78, 5) is 14.3. The molecule has 2 aromatic rings. The summed E-state index contributed by atoms with van der Waals surface area (Å²) in [6, 6.07) is 7.12. The monoisotopic (exact) mass is 288 g/mol. The van der Waals surface area contributed by atoms with Crippen LogP contribution in [0.3, 0.4) is 0 Å². The van der Waals surface area contributed by atoms with Gasteiger partial charge in [-0.05, 0) is 26.0 Å². The Balaban J connectivity index is 2.48. The maximum absolute atomic E-state index is 12.8. The Morgan fingerprint density at radius 1 is 1.38 bits per heavy atom. The minimum absolute atomic E-state index is 0.140. The van der Waals surface area contributed by atoms with Gasteiger partial charge < -0.3 is 15.7 Å². The van der Waals surface area contributed by atoms with Crippen LogP contribution in [0.25, 0.3) is 0 Å². The third kappa shape index (κ3) is 2.75. The van der Waals surface area contributed by atoms with Crippen molar-refractivity contribution >= 4 is 17.3 Å². The lowest BCUT2D eigenvalue weighted by atomic mass is 10.1. The van der Waals surface area contributed by atoms with E-state index in [0.717, 1.165) is 5.69 Å². The molecule has 0 atom stereocenters. The van der Waals surface area contributed by atoms with Crippen molar-refractivity contribution in [1.29, 1.82) is 0 Å². The smallest absolute Gasteiger partial charge is 0.262 e. The number of hydrogen-bond acceptors (Lipinski definition) is 4. The molecule has 1 aromatic carbocycles. The summed E-state index contributed by atoms with van der Waals surface area (Å²) in [6.45, 7) is 3.68. The molecule has 1 heterocycles. The molecule has 21 heavy (non-hydrogen) atoms. The summed E-state index contributed by atoms with van der Waals surface area (Å²) in [5, 5.41) is 13.5. The van der Waals surface area contributed by atoms with E-state index in [-0.39, 0.29) is 19.1 Å². The van der Waals surface area contributed by atoms with Crippen molar-refractivity contribution in [3.63, 3.8) is 0 Å². The SMILES string of the molecule is Cc1nn(C)c(C)c1C(=O)N(CCO)c1ccccc1N. The van der Waals surface area contributed by atoms with Crippen LogP contribution in [-0.2, 0) is 7.05 Å². The fourth-order valence-electron chi connectivity index (χ4n) is 2.38. The van der Waals surface area contributed by atoms with Gasteiger partial charge in [0.05, 0.1) is 29.2 Å². The molecule has 0 spiro atoms. The molecule has 0 saturated heterocycles. The normalized spacial score (nSPS) is 10.7. The van der Waals surface area contributed by atoms with Gasteiger partial charge >= 0.3 is 0 Å². The second-order valence-electron chi connectivity index (χ2n) is 4.91. The number of benzene rings is 1. The molecule has 0 aliphatic heterocycles. The van der Waals surface area contributed by atoms with Crippen molar-refractivity contribution in [3.05, 3.63) is 41.2 Å². The van der Waals surface area contributed by atoms with Gasteiger partial charge in [0, 0.05) is 19.3 Å². The van der Waals surface area contributed by atoms with E-state index < -0.39 is 0 Å². The zero-order valence-corrected chi connectivity index (χ0v) is 12.5. The molecule has 3 N–H and O–H groups in total. The zero-order chi connectivity index (χ0) is 15.6. The van der Waals surface area contributed by atoms with Crippen molar-refractivity contribution in [3.8, 4) is 0 Å². The van der Waals surface area contributed by atoms with E-state index >= 15 is 0 Å². The van der Waals surface area contributed by atoms with Gasteiger partial charge in [-0.25, -0.2) is 0 Å². The van der Waals surface area contributed by atoms with Crippen molar-refractivity contribution in [2.75, 3.05) is 23.8 Å². The van der Waals surface area contributed by atoms with Crippen LogP contribution < -0.4 is 10.6 Å². The van der Waals surface area contributed by atoms with E-state index in [4.69, 9.17) is 5.73 Å². The highest BCUT2D eigenvalue weighted by atomic mass is 16.3. The van der Waals surface area contributed by atoms with E-state index in [2.05, 4.69) is 5.10 Å². The van der Waals surface area contributed by atoms with Crippen molar-refractivity contribution in [2.45, 2.75) is 13.8 Å². The molecular formula is C15H20N4O2. The van der Waals surface area contributed by atoms with Crippen LogP contribution in [0.1, 0.15) is 21.7 Å². The number of para-hydroxylation sites is 2. The van der Waals surface area contributed by atoms with E-state index in [1.54, 1.807) is 36.9 Å². The van der Waals surface area contributed by atoms with E-state index in [0.29, 0.717) is 22.6 Å². The number of carbonyl (C=O) groups excluding carboxylic acids is 1. The number of amides is 1. The number of hydrogen-bond donors (Lipinski definition) is 2. The quantitative estimate of drug-likeness (QED) is 0.829.